The summed E-state index contributed by atoms with van der Waals surface area (Å²) in [5.74, 6) is 1.10. The van der Waals surface area contributed by atoms with Gasteiger partial charge in [-0.15, -0.1) is 10.2 Å². The van der Waals surface area contributed by atoms with E-state index in [9.17, 15) is 0 Å². The van der Waals surface area contributed by atoms with E-state index in [1.807, 2.05) is 32.9 Å². The summed E-state index contributed by atoms with van der Waals surface area (Å²) in [5.41, 5.74) is 1.79. The van der Waals surface area contributed by atoms with Crippen molar-refractivity contribution >= 4 is 0 Å². The molecule has 0 fully saturated rings. The van der Waals surface area contributed by atoms with Crippen molar-refractivity contribution in [2.75, 3.05) is 0 Å². The molecule has 2 aromatic rings. The van der Waals surface area contributed by atoms with Crippen LogP contribution >= 0.6 is 0 Å². The van der Waals surface area contributed by atoms with Crippen LogP contribution in [0.2, 0.25) is 0 Å². The molecule has 0 aromatic carbocycles. The largest absolute Gasteiger partial charge is 0.421 e. The third kappa shape index (κ3) is 2.62. The van der Waals surface area contributed by atoms with E-state index in [1.165, 1.54) is 0 Å². The minimum Gasteiger partial charge on any atom is -0.421 e. The Bertz CT molecular complexity index is 423. The summed E-state index contributed by atoms with van der Waals surface area (Å²) < 4.78 is 5.29. The standard InChI is InChI=1S/C9H9N3O.C2H6/c1-6-8(4-3-5-10-6)9-12-11-7(2)13-9;1-2/h3-5H,1-2H3;1-2H3. The minimum atomic E-state index is 0.531. The zero-order chi connectivity index (χ0) is 11.3. The van der Waals surface area contributed by atoms with Gasteiger partial charge >= 0.3 is 0 Å². The fourth-order valence-corrected chi connectivity index (χ4v) is 1.12. The molecule has 0 saturated carbocycles. The first-order chi connectivity index (χ1) is 7.27. The van der Waals surface area contributed by atoms with Gasteiger partial charge in [0.2, 0.25) is 11.8 Å². The number of nitrogens with zero attached hydrogens (tertiary/aromatic N) is 3. The van der Waals surface area contributed by atoms with Crippen molar-refractivity contribution in [3.05, 3.63) is 29.9 Å². The second kappa shape index (κ2) is 5.24. The van der Waals surface area contributed by atoms with Gasteiger partial charge in [-0.05, 0) is 19.1 Å². The molecule has 0 spiro atoms. The van der Waals surface area contributed by atoms with Crippen LogP contribution in [0.15, 0.2) is 22.7 Å². The molecule has 0 saturated heterocycles. The topological polar surface area (TPSA) is 51.8 Å². The van der Waals surface area contributed by atoms with Gasteiger partial charge in [-0.1, -0.05) is 13.8 Å². The number of hydrogen-bond donors (Lipinski definition) is 0. The van der Waals surface area contributed by atoms with Gasteiger partial charge < -0.3 is 4.42 Å². The first-order valence-electron chi connectivity index (χ1n) is 4.99. The van der Waals surface area contributed by atoms with Gasteiger partial charge in [-0.3, -0.25) is 4.98 Å². The van der Waals surface area contributed by atoms with Crippen LogP contribution in [-0.2, 0) is 0 Å². The van der Waals surface area contributed by atoms with Gasteiger partial charge in [0.1, 0.15) is 0 Å². The van der Waals surface area contributed by atoms with Gasteiger partial charge in [-0.2, -0.15) is 0 Å². The van der Waals surface area contributed by atoms with Gasteiger partial charge in [0.05, 0.1) is 5.56 Å². The molecule has 0 radical (unpaired) electrons. The van der Waals surface area contributed by atoms with Gasteiger partial charge in [0, 0.05) is 18.8 Å². The summed E-state index contributed by atoms with van der Waals surface area (Å²) in [6.45, 7) is 7.68. The van der Waals surface area contributed by atoms with Crippen molar-refractivity contribution in [2.45, 2.75) is 27.7 Å². The zero-order valence-corrected chi connectivity index (χ0v) is 9.48. The van der Waals surface area contributed by atoms with Gasteiger partial charge in [0.15, 0.2) is 0 Å². The zero-order valence-electron chi connectivity index (χ0n) is 9.48. The van der Waals surface area contributed by atoms with Gasteiger partial charge in [-0.25, -0.2) is 0 Å². The Morgan fingerprint density at radius 3 is 2.40 bits per heavy atom. The average Bonchev–Trinajstić information content (AvgIpc) is 2.68. The van der Waals surface area contributed by atoms with Crippen LogP contribution in [0.25, 0.3) is 11.5 Å². The molecule has 0 aliphatic heterocycles. The maximum Gasteiger partial charge on any atom is 0.249 e. The third-order valence-corrected chi connectivity index (χ3v) is 1.76. The maximum absolute atomic E-state index is 5.29. The van der Waals surface area contributed by atoms with E-state index in [-0.39, 0.29) is 0 Å². The van der Waals surface area contributed by atoms with Crippen LogP contribution in [0.3, 0.4) is 0 Å². The number of rotatable bonds is 1. The molecule has 0 amide bonds. The first kappa shape index (κ1) is 11.4. The Hall–Kier alpha value is -1.71. The lowest BCUT2D eigenvalue weighted by molar-refractivity contribution is 0.532. The van der Waals surface area contributed by atoms with Crippen molar-refractivity contribution in [1.29, 1.82) is 0 Å². The Labute approximate surface area is 89.4 Å². The lowest BCUT2D eigenvalue weighted by Gasteiger charge is -1.96. The fraction of sp³-hybridized carbons (Fsp3) is 0.364. The summed E-state index contributed by atoms with van der Waals surface area (Å²) in [6, 6.07) is 3.76. The molecule has 80 valence electrons. The van der Waals surface area contributed by atoms with E-state index in [0.717, 1.165) is 11.3 Å². The smallest absolute Gasteiger partial charge is 0.249 e. The highest BCUT2D eigenvalue weighted by molar-refractivity contribution is 5.54. The van der Waals surface area contributed by atoms with Crippen LogP contribution in [0.5, 0.6) is 0 Å². The molecule has 0 aliphatic rings. The van der Waals surface area contributed by atoms with Crippen molar-refractivity contribution in [1.82, 2.24) is 15.2 Å². The number of hydrogen-bond acceptors (Lipinski definition) is 4. The average molecular weight is 205 g/mol. The number of pyridine rings is 1. The van der Waals surface area contributed by atoms with Crippen LogP contribution in [-0.4, -0.2) is 15.2 Å². The number of aryl methyl sites for hydroxylation is 2. The molecular weight excluding hydrogens is 190 g/mol. The molecule has 15 heavy (non-hydrogen) atoms. The molecule has 2 heterocycles. The monoisotopic (exact) mass is 205 g/mol. The molecule has 4 heteroatoms. The predicted molar refractivity (Wildman–Crippen MR) is 58.4 cm³/mol. The van der Waals surface area contributed by atoms with Crippen LogP contribution in [0, 0.1) is 13.8 Å². The summed E-state index contributed by atoms with van der Waals surface area (Å²) in [4.78, 5) is 4.14. The van der Waals surface area contributed by atoms with E-state index in [0.29, 0.717) is 11.8 Å². The molecule has 0 unspecified atom stereocenters. The molecule has 0 atom stereocenters. The Morgan fingerprint density at radius 2 is 1.87 bits per heavy atom. The molecule has 4 nitrogen and oxygen atoms in total. The van der Waals surface area contributed by atoms with Crippen molar-refractivity contribution in [2.24, 2.45) is 0 Å². The van der Waals surface area contributed by atoms with E-state index in [1.54, 1.807) is 13.1 Å². The quantitative estimate of drug-likeness (QED) is 0.718. The van der Waals surface area contributed by atoms with E-state index in [4.69, 9.17) is 4.42 Å². The molecule has 0 N–H and O–H groups in total. The van der Waals surface area contributed by atoms with Crippen molar-refractivity contribution in [3.63, 3.8) is 0 Å². The Kier molecular flexibility index (Phi) is 3.97. The lowest BCUT2D eigenvalue weighted by atomic mass is 10.2. The van der Waals surface area contributed by atoms with Gasteiger partial charge in [0.25, 0.3) is 0 Å². The van der Waals surface area contributed by atoms with Crippen molar-refractivity contribution < 1.29 is 4.42 Å². The molecular formula is C11H15N3O. The van der Waals surface area contributed by atoms with E-state index >= 15 is 0 Å². The van der Waals surface area contributed by atoms with E-state index < -0.39 is 0 Å². The summed E-state index contributed by atoms with van der Waals surface area (Å²) in [5, 5.41) is 7.68. The third-order valence-electron chi connectivity index (χ3n) is 1.76. The first-order valence-corrected chi connectivity index (χ1v) is 4.99. The second-order valence-electron chi connectivity index (χ2n) is 2.76. The highest BCUT2D eigenvalue weighted by Crippen LogP contribution is 2.19. The lowest BCUT2D eigenvalue weighted by Crippen LogP contribution is -1.86. The molecule has 2 aromatic heterocycles. The summed E-state index contributed by atoms with van der Waals surface area (Å²) in [6.07, 6.45) is 1.74. The van der Waals surface area contributed by atoms with Crippen LogP contribution in [0.4, 0.5) is 0 Å². The normalized spacial score (nSPS) is 9.33. The van der Waals surface area contributed by atoms with Crippen LogP contribution < -0.4 is 0 Å². The van der Waals surface area contributed by atoms with Crippen molar-refractivity contribution in [3.8, 4) is 11.5 Å². The SMILES string of the molecule is CC.Cc1nnc(-c2cccnc2C)o1. The highest BCUT2D eigenvalue weighted by atomic mass is 16.4. The highest BCUT2D eigenvalue weighted by Gasteiger charge is 2.08. The molecule has 2 rings (SSSR count). The van der Waals surface area contributed by atoms with Crippen LogP contribution in [0.1, 0.15) is 25.4 Å². The maximum atomic E-state index is 5.29. The van der Waals surface area contributed by atoms with E-state index in [2.05, 4.69) is 15.2 Å². The Morgan fingerprint density at radius 1 is 1.13 bits per heavy atom. The second-order valence-corrected chi connectivity index (χ2v) is 2.76. The fourth-order valence-electron chi connectivity index (χ4n) is 1.12. The predicted octanol–water partition coefficient (Wildman–Crippen LogP) is 2.77. The minimum absolute atomic E-state index is 0.531. The Balaban J connectivity index is 0.000000531. The summed E-state index contributed by atoms with van der Waals surface area (Å²) in [7, 11) is 0. The molecule has 0 aliphatic carbocycles. The number of aromatic nitrogens is 3. The molecule has 0 bridgehead atoms. The summed E-state index contributed by atoms with van der Waals surface area (Å²) >= 11 is 0.